The van der Waals surface area contributed by atoms with Crippen molar-refractivity contribution in [2.24, 2.45) is 0 Å². The highest BCUT2D eigenvalue weighted by Crippen LogP contribution is 2.23. The van der Waals surface area contributed by atoms with Gasteiger partial charge in [0.2, 0.25) is 0 Å². The van der Waals surface area contributed by atoms with Crippen molar-refractivity contribution < 1.29 is 9.53 Å². The number of aromatic nitrogens is 1. The van der Waals surface area contributed by atoms with Crippen molar-refractivity contribution in [3.8, 4) is 0 Å². The molecular formula is C17H25N3O2. The number of methoxy groups -OCH3 is 1. The number of carbonyl (C=O) groups excluding carboxylic acids is 1. The molecule has 0 saturated heterocycles. The Morgan fingerprint density at radius 1 is 1.32 bits per heavy atom. The van der Waals surface area contributed by atoms with Gasteiger partial charge in [-0.3, -0.25) is 0 Å². The second-order valence-corrected chi connectivity index (χ2v) is 5.46. The molecule has 5 nitrogen and oxygen atoms in total. The van der Waals surface area contributed by atoms with Crippen LogP contribution in [0.15, 0.2) is 24.3 Å². The number of carbonyl (C=O) groups is 1. The first-order valence-electron chi connectivity index (χ1n) is 7.75. The molecule has 2 amide bonds. The van der Waals surface area contributed by atoms with Gasteiger partial charge >= 0.3 is 6.03 Å². The molecule has 1 atom stereocenters. The van der Waals surface area contributed by atoms with E-state index in [4.69, 9.17) is 4.74 Å². The van der Waals surface area contributed by atoms with Crippen molar-refractivity contribution in [3.63, 3.8) is 0 Å². The molecule has 2 N–H and O–H groups in total. The summed E-state index contributed by atoms with van der Waals surface area (Å²) in [6, 6.07) is 7.96. The van der Waals surface area contributed by atoms with Crippen LogP contribution < -0.4 is 10.6 Å². The van der Waals surface area contributed by atoms with Gasteiger partial charge in [0.15, 0.2) is 0 Å². The summed E-state index contributed by atoms with van der Waals surface area (Å²) in [5.74, 6) is 0. The SMILES string of the molecule is CC[C@@H](COC)NC(=O)Nc1ccc2c(c1)cc(C)n2CC. The van der Waals surface area contributed by atoms with Crippen LogP contribution in [-0.4, -0.2) is 30.4 Å². The molecule has 1 aromatic heterocycles. The average Bonchev–Trinajstić information content (AvgIpc) is 2.80. The van der Waals surface area contributed by atoms with Gasteiger partial charge in [0.1, 0.15) is 0 Å². The number of rotatable bonds is 6. The first-order chi connectivity index (χ1) is 10.6. The smallest absolute Gasteiger partial charge is 0.319 e. The number of hydrogen-bond donors (Lipinski definition) is 2. The Morgan fingerprint density at radius 3 is 2.73 bits per heavy atom. The van der Waals surface area contributed by atoms with Gasteiger partial charge in [-0.2, -0.15) is 0 Å². The van der Waals surface area contributed by atoms with Crippen molar-refractivity contribution in [3.05, 3.63) is 30.0 Å². The molecule has 2 rings (SSSR count). The van der Waals surface area contributed by atoms with Gasteiger partial charge in [-0.1, -0.05) is 6.92 Å². The first-order valence-corrected chi connectivity index (χ1v) is 7.75. The second kappa shape index (κ2) is 7.31. The lowest BCUT2D eigenvalue weighted by Crippen LogP contribution is -2.40. The van der Waals surface area contributed by atoms with E-state index in [-0.39, 0.29) is 12.1 Å². The van der Waals surface area contributed by atoms with E-state index >= 15 is 0 Å². The van der Waals surface area contributed by atoms with Crippen molar-refractivity contribution in [2.75, 3.05) is 19.0 Å². The zero-order chi connectivity index (χ0) is 16.1. The molecule has 0 radical (unpaired) electrons. The molecule has 22 heavy (non-hydrogen) atoms. The standard InChI is InChI=1S/C17H25N3O2/c1-5-14(11-22-4)18-17(21)19-15-7-8-16-13(10-15)9-12(3)20(16)6-2/h7-10,14H,5-6,11H2,1-4H3,(H2,18,19,21)/t14-/m0/s1. The Bertz CT molecular complexity index is 649. The van der Waals surface area contributed by atoms with Crippen molar-refractivity contribution in [1.29, 1.82) is 0 Å². The molecule has 0 unspecified atom stereocenters. The highest BCUT2D eigenvalue weighted by molar-refractivity contribution is 5.93. The van der Waals surface area contributed by atoms with Crippen molar-refractivity contribution >= 4 is 22.6 Å². The molecule has 2 aromatic rings. The molecule has 0 bridgehead atoms. The highest BCUT2D eigenvalue weighted by atomic mass is 16.5. The van der Waals surface area contributed by atoms with E-state index in [0.717, 1.165) is 24.0 Å². The Hall–Kier alpha value is -2.01. The average molecular weight is 303 g/mol. The number of benzene rings is 1. The monoisotopic (exact) mass is 303 g/mol. The fraction of sp³-hybridized carbons (Fsp3) is 0.471. The summed E-state index contributed by atoms with van der Waals surface area (Å²) in [6.45, 7) is 7.71. The van der Waals surface area contributed by atoms with Crippen LogP contribution in [0.25, 0.3) is 10.9 Å². The Balaban J connectivity index is 2.10. The van der Waals surface area contributed by atoms with Crippen LogP contribution in [0.2, 0.25) is 0 Å². The molecule has 1 heterocycles. The molecule has 0 aliphatic carbocycles. The van der Waals surface area contributed by atoms with E-state index in [1.165, 1.54) is 11.2 Å². The van der Waals surface area contributed by atoms with Crippen LogP contribution in [0.4, 0.5) is 10.5 Å². The molecule has 0 fully saturated rings. The maximum Gasteiger partial charge on any atom is 0.319 e. The Morgan fingerprint density at radius 2 is 2.09 bits per heavy atom. The number of fused-ring (bicyclic) bond motifs is 1. The van der Waals surface area contributed by atoms with Gasteiger partial charge in [0.05, 0.1) is 12.6 Å². The summed E-state index contributed by atoms with van der Waals surface area (Å²) in [4.78, 5) is 12.0. The van der Waals surface area contributed by atoms with Crippen LogP contribution in [-0.2, 0) is 11.3 Å². The van der Waals surface area contributed by atoms with Gasteiger partial charge in [-0.15, -0.1) is 0 Å². The van der Waals surface area contributed by atoms with Gasteiger partial charge in [-0.05, 0) is 44.5 Å². The van der Waals surface area contributed by atoms with Gasteiger partial charge in [-0.25, -0.2) is 4.79 Å². The topological polar surface area (TPSA) is 55.3 Å². The quantitative estimate of drug-likeness (QED) is 0.858. The zero-order valence-electron chi connectivity index (χ0n) is 13.8. The fourth-order valence-electron chi connectivity index (χ4n) is 2.72. The van der Waals surface area contributed by atoms with Crippen molar-refractivity contribution in [1.82, 2.24) is 9.88 Å². The Kier molecular flexibility index (Phi) is 5.44. The van der Waals surface area contributed by atoms with Gasteiger partial charge in [0, 0.05) is 35.9 Å². The predicted molar refractivity (Wildman–Crippen MR) is 90.5 cm³/mol. The summed E-state index contributed by atoms with van der Waals surface area (Å²) in [7, 11) is 1.64. The largest absolute Gasteiger partial charge is 0.383 e. The minimum Gasteiger partial charge on any atom is -0.383 e. The van der Waals surface area contributed by atoms with Crippen LogP contribution in [0.5, 0.6) is 0 Å². The zero-order valence-corrected chi connectivity index (χ0v) is 13.8. The van der Waals surface area contributed by atoms with Crippen LogP contribution in [0.3, 0.4) is 0 Å². The van der Waals surface area contributed by atoms with E-state index in [0.29, 0.717) is 6.61 Å². The van der Waals surface area contributed by atoms with Gasteiger partial charge in [0.25, 0.3) is 0 Å². The second-order valence-electron chi connectivity index (χ2n) is 5.46. The number of anilines is 1. The summed E-state index contributed by atoms with van der Waals surface area (Å²) in [5.41, 5.74) is 3.22. The summed E-state index contributed by atoms with van der Waals surface area (Å²) in [5, 5.41) is 6.94. The lowest BCUT2D eigenvalue weighted by Gasteiger charge is -2.16. The number of urea groups is 1. The number of amides is 2. The summed E-state index contributed by atoms with van der Waals surface area (Å²) < 4.78 is 7.34. The maximum atomic E-state index is 12.0. The third-order valence-corrected chi connectivity index (χ3v) is 3.88. The lowest BCUT2D eigenvalue weighted by atomic mass is 10.2. The molecule has 0 aliphatic heterocycles. The van der Waals surface area contributed by atoms with Crippen molar-refractivity contribution in [2.45, 2.75) is 39.8 Å². The molecule has 5 heteroatoms. The Labute approximate surface area is 131 Å². The summed E-state index contributed by atoms with van der Waals surface area (Å²) >= 11 is 0. The predicted octanol–water partition coefficient (Wildman–Crippen LogP) is 3.52. The summed E-state index contributed by atoms with van der Waals surface area (Å²) in [6.07, 6.45) is 0.832. The van der Waals surface area contributed by atoms with Gasteiger partial charge < -0.3 is 19.9 Å². The van der Waals surface area contributed by atoms with Crippen LogP contribution in [0.1, 0.15) is 26.0 Å². The third kappa shape index (κ3) is 3.60. The molecule has 1 aromatic carbocycles. The van der Waals surface area contributed by atoms with Crippen LogP contribution in [0, 0.1) is 6.92 Å². The highest BCUT2D eigenvalue weighted by Gasteiger charge is 2.11. The van der Waals surface area contributed by atoms with E-state index in [2.05, 4.69) is 35.1 Å². The number of aryl methyl sites for hydroxylation is 2. The number of hydrogen-bond acceptors (Lipinski definition) is 2. The molecule has 0 saturated carbocycles. The number of nitrogens with one attached hydrogen (secondary N) is 2. The van der Waals surface area contributed by atoms with E-state index < -0.39 is 0 Å². The normalized spacial score (nSPS) is 12.4. The van der Waals surface area contributed by atoms with E-state index in [1.54, 1.807) is 7.11 Å². The fourth-order valence-corrected chi connectivity index (χ4v) is 2.72. The third-order valence-electron chi connectivity index (χ3n) is 3.88. The minimum atomic E-state index is -0.199. The number of ether oxygens (including phenoxy) is 1. The number of nitrogens with zero attached hydrogens (tertiary/aromatic N) is 1. The van der Waals surface area contributed by atoms with E-state index in [1.807, 2.05) is 25.1 Å². The van der Waals surface area contributed by atoms with E-state index in [9.17, 15) is 4.79 Å². The minimum absolute atomic E-state index is 0.0251. The molecular weight excluding hydrogens is 278 g/mol. The molecule has 120 valence electrons. The van der Waals surface area contributed by atoms with Crippen LogP contribution >= 0.6 is 0 Å². The molecule has 0 spiro atoms. The first kappa shape index (κ1) is 16.4. The molecule has 0 aliphatic rings. The lowest BCUT2D eigenvalue weighted by molar-refractivity contribution is 0.165. The maximum absolute atomic E-state index is 12.0.